The van der Waals surface area contributed by atoms with Crippen molar-refractivity contribution in [2.45, 2.75) is 44.7 Å². The molecule has 1 aromatic rings. The van der Waals surface area contributed by atoms with Crippen LogP contribution in [0.25, 0.3) is 0 Å². The highest BCUT2D eigenvalue weighted by molar-refractivity contribution is 5.89. The SMILES string of the molecule is Cc1cc(N2C[C@@H]3C[C@H](C2)[C@H](C(=O)N2C[C@H]4COC[C@H]4C2)N2C(=O)CCC[C@@H]32)ncn1. The zero-order valence-electron chi connectivity index (χ0n) is 18.2. The Balaban J connectivity index is 1.31. The molecule has 2 amide bonds. The third-order valence-corrected chi connectivity index (χ3v) is 8.26. The van der Waals surface area contributed by atoms with Crippen LogP contribution in [0, 0.1) is 30.6 Å². The molecule has 0 aromatic carbocycles. The third-order valence-electron chi connectivity index (χ3n) is 8.26. The Morgan fingerprint density at radius 3 is 2.61 bits per heavy atom. The van der Waals surface area contributed by atoms with Gasteiger partial charge in [-0.25, -0.2) is 9.97 Å². The molecule has 8 nitrogen and oxygen atoms in total. The second kappa shape index (κ2) is 7.43. The highest BCUT2D eigenvalue weighted by atomic mass is 16.5. The van der Waals surface area contributed by atoms with Crippen molar-refractivity contribution in [3.05, 3.63) is 18.1 Å². The maximum atomic E-state index is 13.9. The van der Waals surface area contributed by atoms with Crippen LogP contribution in [0.1, 0.15) is 31.4 Å². The van der Waals surface area contributed by atoms with Gasteiger partial charge in [0.2, 0.25) is 11.8 Å². The lowest BCUT2D eigenvalue weighted by Gasteiger charge is -2.56. The fraction of sp³-hybridized carbons (Fsp3) is 0.739. The summed E-state index contributed by atoms with van der Waals surface area (Å²) in [5.41, 5.74) is 0.952. The van der Waals surface area contributed by atoms with E-state index in [1.54, 1.807) is 6.33 Å². The predicted octanol–water partition coefficient (Wildman–Crippen LogP) is 1.10. The van der Waals surface area contributed by atoms with Gasteiger partial charge in [0.05, 0.1) is 13.2 Å². The number of amides is 2. The molecule has 0 radical (unpaired) electrons. The second-order valence-electron chi connectivity index (χ2n) is 10.2. The van der Waals surface area contributed by atoms with E-state index in [1.165, 1.54) is 0 Å². The molecule has 0 aliphatic carbocycles. The Kier molecular flexibility index (Phi) is 4.67. The molecule has 5 aliphatic rings. The smallest absolute Gasteiger partial charge is 0.245 e. The number of fused-ring (bicyclic) bond motifs is 5. The fourth-order valence-corrected chi connectivity index (χ4v) is 6.83. The Bertz CT molecular complexity index is 882. The number of nitrogens with zero attached hydrogens (tertiary/aromatic N) is 5. The Labute approximate surface area is 182 Å². The molecule has 0 N–H and O–H groups in total. The van der Waals surface area contributed by atoms with Crippen LogP contribution in [0.5, 0.6) is 0 Å². The van der Waals surface area contributed by atoms with E-state index < -0.39 is 0 Å². The van der Waals surface area contributed by atoms with Crippen LogP contribution >= 0.6 is 0 Å². The summed E-state index contributed by atoms with van der Waals surface area (Å²) in [4.78, 5) is 42.1. The largest absolute Gasteiger partial charge is 0.381 e. The number of likely N-dealkylation sites (tertiary alicyclic amines) is 1. The van der Waals surface area contributed by atoms with Crippen molar-refractivity contribution in [1.82, 2.24) is 19.8 Å². The molecule has 0 spiro atoms. The van der Waals surface area contributed by atoms with E-state index in [0.29, 0.717) is 24.2 Å². The van der Waals surface area contributed by atoms with E-state index >= 15 is 0 Å². The third kappa shape index (κ3) is 3.22. The Morgan fingerprint density at radius 1 is 1.06 bits per heavy atom. The highest BCUT2D eigenvalue weighted by Crippen LogP contribution is 2.43. The van der Waals surface area contributed by atoms with E-state index in [9.17, 15) is 9.59 Å². The van der Waals surface area contributed by atoms with Gasteiger partial charge in [-0.05, 0) is 32.1 Å². The number of piperidine rings is 3. The minimum atomic E-state index is -0.334. The molecule has 6 atom stereocenters. The number of anilines is 1. The first-order valence-electron chi connectivity index (χ1n) is 11.8. The molecule has 6 heterocycles. The minimum absolute atomic E-state index is 0.150. The summed E-state index contributed by atoms with van der Waals surface area (Å²) in [6.07, 6.45) is 5.16. The first-order valence-corrected chi connectivity index (χ1v) is 11.8. The predicted molar refractivity (Wildman–Crippen MR) is 113 cm³/mol. The van der Waals surface area contributed by atoms with Crippen LogP contribution in [-0.4, -0.2) is 83.1 Å². The zero-order chi connectivity index (χ0) is 21.1. The molecule has 5 aliphatic heterocycles. The average molecular weight is 426 g/mol. The summed E-state index contributed by atoms with van der Waals surface area (Å²) in [5, 5.41) is 0. The lowest BCUT2D eigenvalue weighted by atomic mass is 9.71. The van der Waals surface area contributed by atoms with Gasteiger partial charge in [0, 0.05) is 68.2 Å². The molecule has 6 rings (SSSR count). The molecule has 5 fully saturated rings. The topological polar surface area (TPSA) is 78.9 Å². The van der Waals surface area contributed by atoms with E-state index in [4.69, 9.17) is 4.74 Å². The first kappa shape index (κ1) is 19.5. The number of aromatic nitrogens is 2. The van der Waals surface area contributed by atoms with Gasteiger partial charge in [-0.3, -0.25) is 9.59 Å². The highest BCUT2D eigenvalue weighted by Gasteiger charge is 2.54. The maximum absolute atomic E-state index is 13.9. The van der Waals surface area contributed by atoms with Crippen molar-refractivity contribution in [3.63, 3.8) is 0 Å². The molecular formula is C23H31N5O3. The molecule has 2 bridgehead atoms. The van der Waals surface area contributed by atoms with Crippen molar-refractivity contribution >= 4 is 17.6 Å². The summed E-state index contributed by atoms with van der Waals surface area (Å²) in [7, 11) is 0. The summed E-state index contributed by atoms with van der Waals surface area (Å²) in [6.45, 7) is 6.72. The Hall–Kier alpha value is -2.22. The van der Waals surface area contributed by atoms with Gasteiger partial charge >= 0.3 is 0 Å². The van der Waals surface area contributed by atoms with Crippen molar-refractivity contribution in [2.24, 2.45) is 23.7 Å². The summed E-state index contributed by atoms with van der Waals surface area (Å²) >= 11 is 0. The minimum Gasteiger partial charge on any atom is -0.381 e. The number of carbonyl (C=O) groups excluding carboxylic acids is 2. The lowest BCUT2D eigenvalue weighted by molar-refractivity contribution is -0.160. The monoisotopic (exact) mass is 425 g/mol. The van der Waals surface area contributed by atoms with Crippen molar-refractivity contribution < 1.29 is 14.3 Å². The zero-order valence-corrected chi connectivity index (χ0v) is 18.2. The molecule has 0 saturated carbocycles. The van der Waals surface area contributed by atoms with Crippen LogP contribution in [-0.2, 0) is 14.3 Å². The van der Waals surface area contributed by atoms with Gasteiger partial charge in [-0.1, -0.05) is 0 Å². The Morgan fingerprint density at radius 2 is 1.84 bits per heavy atom. The maximum Gasteiger partial charge on any atom is 0.245 e. The van der Waals surface area contributed by atoms with Crippen LogP contribution in [0.15, 0.2) is 12.4 Å². The average Bonchev–Trinajstić information content (AvgIpc) is 3.37. The molecule has 31 heavy (non-hydrogen) atoms. The molecule has 1 aromatic heterocycles. The van der Waals surface area contributed by atoms with Crippen molar-refractivity contribution in [1.29, 1.82) is 0 Å². The number of hydrogen-bond acceptors (Lipinski definition) is 6. The summed E-state index contributed by atoms with van der Waals surface area (Å²) in [6, 6.07) is 1.87. The van der Waals surface area contributed by atoms with E-state index in [2.05, 4.69) is 14.9 Å². The van der Waals surface area contributed by atoms with Gasteiger partial charge in [-0.2, -0.15) is 0 Å². The van der Waals surface area contributed by atoms with Crippen LogP contribution < -0.4 is 4.90 Å². The van der Waals surface area contributed by atoms with Crippen LogP contribution in [0.2, 0.25) is 0 Å². The molecule has 5 saturated heterocycles. The van der Waals surface area contributed by atoms with Crippen LogP contribution in [0.4, 0.5) is 5.82 Å². The van der Waals surface area contributed by atoms with Crippen molar-refractivity contribution in [3.8, 4) is 0 Å². The number of aryl methyl sites for hydroxylation is 1. The van der Waals surface area contributed by atoms with E-state index in [-0.39, 0.29) is 29.8 Å². The van der Waals surface area contributed by atoms with Gasteiger partial charge in [-0.15, -0.1) is 0 Å². The lowest BCUT2D eigenvalue weighted by Crippen LogP contribution is -2.68. The number of rotatable bonds is 2. The van der Waals surface area contributed by atoms with Crippen LogP contribution in [0.3, 0.4) is 0 Å². The molecular weight excluding hydrogens is 394 g/mol. The molecule has 166 valence electrons. The summed E-state index contributed by atoms with van der Waals surface area (Å²) < 4.78 is 5.60. The number of ether oxygens (including phenoxy) is 1. The molecule has 8 heteroatoms. The number of hydrogen-bond donors (Lipinski definition) is 0. The van der Waals surface area contributed by atoms with Gasteiger partial charge in [0.15, 0.2) is 0 Å². The first-order chi connectivity index (χ1) is 15.1. The van der Waals surface area contributed by atoms with Gasteiger partial charge in [0.25, 0.3) is 0 Å². The fourth-order valence-electron chi connectivity index (χ4n) is 6.83. The second-order valence-corrected chi connectivity index (χ2v) is 10.2. The van der Waals surface area contributed by atoms with Crippen molar-refractivity contribution in [2.75, 3.05) is 44.3 Å². The number of carbonyl (C=O) groups is 2. The normalized spacial score (nSPS) is 37.1. The van der Waals surface area contributed by atoms with E-state index in [0.717, 1.165) is 70.2 Å². The molecule has 0 unspecified atom stereocenters. The van der Waals surface area contributed by atoms with Gasteiger partial charge in [0.1, 0.15) is 18.2 Å². The quantitative estimate of drug-likeness (QED) is 0.706. The van der Waals surface area contributed by atoms with Gasteiger partial charge < -0.3 is 19.4 Å². The van der Waals surface area contributed by atoms with E-state index in [1.807, 2.05) is 22.8 Å². The summed E-state index contributed by atoms with van der Waals surface area (Å²) in [5.74, 6) is 2.75. The standard InChI is InChI=1S/C23H31N5O3/c1-14-5-20(25-13-24-14)26-7-15-6-16(8-26)22(28-19(15)3-2-4-21(28)29)23(30)27-9-17-11-31-12-18(17)10-27/h5,13,15-19,22H,2-4,6-12H2,1H3/t15-,16+,17-,18+,19-,22+/m0/s1.